The summed E-state index contributed by atoms with van der Waals surface area (Å²) >= 11 is 3.55. The molecule has 0 fully saturated rings. The van der Waals surface area contributed by atoms with E-state index in [4.69, 9.17) is 14.2 Å². The predicted molar refractivity (Wildman–Crippen MR) is 130 cm³/mol. The third-order valence-corrected chi connectivity index (χ3v) is 5.93. The molecule has 0 radical (unpaired) electrons. The quantitative estimate of drug-likeness (QED) is 0.0834. The molecule has 0 amide bonds. The molecule has 0 aliphatic carbocycles. The van der Waals surface area contributed by atoms with Crippen molar-refractivity contribution in [3.8, 4) is 0 Å². The Balaban J connectivity index is 5.07. The van der Waals surface area contributed by atoms with Gasteiger partial charge in [0.15, 0.2) is 0 Å². The molecule has 0 aromatic carbocycles. The lowest BCUT2D eigenvalue weighted by Crippen LogP contribution is -2.47. The zero-order valence-electron chi connectivity index (χ0n) is 20.1. The Kier molecular flexibility index (Phi) is 21.9. The van der Waals surface area contributed by atoms with Crippen LogP contribution in [0.3, 0.4) is 0 Å². The van der Waals surface area contributed by atoms with E-state index < -0.39 is 5.97 Å². The number of rotatable bonds is 23. The van der Waals surface area contributed by atoms with Crippen LogP contribution in [0.4, 0.5) is 0 Å². The van der Waals surface area contributed by atoms with Gasteiger partial charge in [-0.3, -0.25) is 0 Å². The van der Waals surface area contributed by atoms with Gasteiger partial charge >= 0.3 is 0 Å². The molecule has 0 aliphatic rings. The van der Waals surface area contributed by atoms with Gasteiger partial charge in [-0.2, -0.15) is 0 Å². The first-order valence-electron chi connectivity index (χ1n) is 12.7. The molecule has 0 N–H and O–H groups in total. The maximum Gasteiger partial charge on any atom is 0.285 e. The molecule has 4 heteroatoms. The highest BCUT2D eigenvalue weighted by molar-refractivity contribution is 9.09. The summed E-state index contributed by atoms with van der Waals surface area (Å²) in [7, 11) is 0. The lowest BCUT2D eigenvalue weighted by atomic mass is 9.91. The van der Waals surface area contributed by atoms with Crippen LogP contribution < -0.4 is 0 Å². The number of hydrogen-bond acceptors (Lipinski definition) is 3. The van der Waals surface area contributed by atoms with Gasteiger partial charge in [-0.05, 0) is 38.5 Å². The molecule has 3 nitrogen and oxygen atoms in total. The van der Waals surface area contributed by atoms with Crippen molar-refractivity contribution in [1.29, 1.82) is 0 Å². The standard InChI is InChI=1S/C25H51BrO3/c1-5-9-10-11-12-15-18-24(19-16-13-14-17-20-26)25(27-21-6-2,28-22-7-3)29-23-8-4/h24H,5-23H2,1-4H3. The highest BCUT2D eigenvalue weighted by Crippen LogP contribution is 2.35. The first-order valence-corrected chi connectivity index (χ1v) is 13.8. The number of halogens is 1. The zero-order valence-corrected chi connectivity index (χ0v) is 21.7. The highest BCUT2D eigenvalue weighted by atomic mass is 79.9. The number of alkyl halides is 1. The van der Waals surface area contributed by atoms with Gasteiger partial charge in [-0.1, -0.05) is 101 Å². The van der Waals surface area contributed by atoms with E-state index in [1.54, 1.807) is 0 Å². The largest absolute Gasteiger partial charge is 0.327 e. The number of hydrogen-bond donors (Lipinski definition) is 0. The molecule has 0 aliphatic heterocycles. The minimum atomic E-state index is -0.846. The SMILES string of the molecule is CCCCCCCCC(CCCCCCBr)C(OCCC)(OCCC)OCCC. The van der Waals surface area contributed by atoms with E-state index in [1.165, 1.54) is 64.2 Å². The summed E-state index contributed by atoms with van der Waals surface area (Å²) in [5.41, 5.74) is 0. The third kappa shape index (κ3) is 14.9. The molecule has 0 bridgehead atoms. The second-order valence-electron chi connectivity index (χ2n) is 8.29. The molecule has 1 unspecified atom stereocenters. The summed E-state index contributed by atoms with van der Waals surface area (Å²) in [4.78, 5) is 0. The van der Waals surface area contributed by atoms with Gasteiger partial charge in [0.25, 0.3) is 5.97 Å². The van der Waals surface area contributed by atoms with Crippen molar-refractivity contribution in [1.82, 2.24) is 0 Å². The number of ether oxygens (including phenoxy) is 3. The molecular weight excluding hydrogens is 428 g/mol. The number of unbranched alkanes of at least 4 members (excludes halogenated alkanes) is 8. The molecule has 0 aromatic heterocycles. The van der Waals surface area contributed by atoms with E-state index in [2.05, 4.69) is 43.6 Å². The second-order valence-corrected chi connectivity index (χ2v) is 9.09. The molecule has 1 atom stereocenters. The van der Waals surface area contributed by atoms with Crippen molar-refractivity contribution in [3.05, 3.63) is 0 Å². The first-order chi connectivity index (χ1) is 14.2. The molecule has 0 saturated heterocycles. The molecule has 0 rings (SSSR count). The van der Waals surface area contributed by atoms with E-state index in [1.807, 2.05) is 0 Å². The highest BCUT2D eigenvalue weighted by Gasteiger charge is 2.41. The van der Waals surface area contributed by atoms with Gasteiger partial charge in [0.1, 0.15) is 0 Å². The Morgan fingerprint density at radius 2 is 0.966 bits per heavy atom. The van der Waals surface area contributed by atoms with Gasteiger partial charge in [0.2, 0.25) is 0 Å². The van der Waals surface area contributed by atoms with Crippen molar-refractivity contribution in [3.63, 3.8) is 0 Å². The fourth-order valence-electron chi connectivity index (χ4n) is 3.72. The van der Waals surface area contributed by atoms with Crippen LogP contribution in [0.2, 0.25) is 0 Å². The van der Waals surface area contributed by atoms with Gasteiger partial charge in [0.05, 0.1) is 19.8 Å². The van der Waals surface area contributed by atoms with Crippen LogP contribution in [0, 0.1) is 5.92 Å². The van der Waals surface area contributed by atoms with Crippen LogP contribution >= 0.6 is 15.9 Å². The van der Waals surface area contributed by atoms with Crippen LogP contribution in [0.15, 0.2) is 0 Å². The third-order valence-electron chi connectivity index (χ3n) is 5.36. The normalized spacial score (nSPS) is 13.1. The van der Waals surface area contributed by atoms with Crippen LogP contribution in [-0.2, 0) is 14.2 Å². The maximum absolute atomic E-state index is 6.37. The molecule has 0 spiro atoms. The minimum Gasteiger partial charge on any atom is -0.327 e. The van der Waals surface area contributed by atoms with Crippen LogP contribution in [0.1, 0.15) is 124 Å². The molecule has 176 valence electrons. The topological polar surface area (TPSA) is 27.7 Å². The lowest BCUT2D eigenvalue weighted by molar-refractivity contribution is -0.406. The zero-order chi connectivity index (χ0) is 21.6. The fourth-order valence-corrected chi connectivity index (χ4v) is 4.12. The van der Waals surface area contributed by atoms with Crippen molar-refractivity contribution < 1.29 is 14.2 Å². The Morgan fingerprint density at radius 3 is 1.38 bits per heavy atom. The Bertz CT molecular complexity index is 303. The first kappa shape index (κ1) is 29.4. The fraction of sp³-hybridized carbons (Fsp3) is 1.00. The monoisotopic (exact) mass is 478 g/mol. The van der Waals surface area contributed by atoms with Crippen LogP contribution in [-0.4, -0.2) is 31.1 Å². The molecule has 0 aromatic rings. The van der Waals surface area contributed by atoms with E-state index in [0.29, 0.717) is 25.7 Å². The molecule has 0 saturated carbocycles. The van der Waals surface area contributed by atoms with E-state index in [0.717, 1.165) is 37.4 Å². The van der Waals surface area contributed by atoms with Gasteiger partial charge < -0.3 is 14.2 Å². The van der Waals surface area contributed by atoms with Crippen molar-refractivity contribution in [2.75, 3.05) is 25.2 Å². The van der Waals surface area contributed by atoms with Gasteiger partial charge in [0, 0.05) is 11.2 Å². The van der Waals surface area contributed by atoms with Gasteiger partial charge in [-0.15, -0.1) is 0 Å². The van der Waals surface area contributed by atoms with Crippen molar-refractivity contribution in [2.24, 2.45) is 5.92 Å². The summed E-state index contributed by atoms with van der Waals surface area (Å²) in [6.45, 7) is 10.9. The summed E-state index contributed by atoms with van der Waals surface area (Å²) in [5.74, 6) is -0.525. The molecule has 29 heavy (non-hydrogen) atoms. The average molecular weight is 480 g/mol. The van der Waals surface area contributed by atoms with Crippen molar-refractivity contribution >= 4 is 15.9 Å². The van der Waals surface area contributed by atoms with Crippen LogP contribution in [0.5, 0.6) is 0 Å². The Labute approximate surface area is 191 Å². The van der Waals surface area contributed by atoms with E-state index >= 15 is 0 Å². The second kappa shape index (κ2) is 21.6. The Hall–Kier alpha value is 0.360. The predicted octanol–water partition coefficient (Wildman–Crippen LogP) is 8.63. The average Bonchev–Trinajstić information content (AvgIpc) is 2.74. The van der Waals surface area contributed by atoms with E-state index in [-0.39, 0.29) is 0 Å². The van der Waals surface area contributed by atoms with E-state index in [9.17, 15) is 0 Å². The maximum atomic E-state index is 6.37. The van der Waals surface area contributed by atoms with Gasteiger partial charge in [-0.25, -0.2) is 0 Å². The lowest BCUT2D eigenvalue weighted by Gasteiger charge is -2.40. The molecule has 0 heterocycles. The smallest absolute Gasteiger partial charge is 0.285 e. The summed E-state index contributed by atoms with van der Waals surface area (Å²) in [6.07, 6.45) is 18.2. The van der Waals surface area contributed by atoms with Crippen molar-refractivity contribution in [2.45, 2.75) is 130 Å². The summed E-state index contributed by atoms with van der Waals surface area (Å²) in [5, 5.41) is 1.11. The minimum absolute atomic E-state index is 0.322. The molecular formula is C25H51BrO3. The summed E-state index contributed by atoms with van der Waals surface area (Å²) in [6, 6.07) is 0. The summed E-state index contributed by atoms with van der Waals surface area (Å²) < 4.78 is 19.1. The Morgan fingerprint density at radius 1 is 0.552 bits per heavy atom. The van der Waals surface area contributed by atoms with Crippen LogP contribution in [0.25, 0.3) is 0 Å².